The van der Waals surface area contributed by atoms with Crippen molar-refractivity contribution in [2.75, 3.05) is 19.6 Å². The zero-order valence-corrected chi connectivity index (χ0v) is 19.8. The maximum atomic E-state index is 12.6. The largest absolute Gasteiger partial charge is 0.491 e. The minimum absolute atomic E-state index is 0.0849. The SMILES string of the molecule is CC1CCN(C[C@@H](NC(=O)NCc2ccc(Cl)cc2)[C@H](O)c2ccc(OC(C)C)cc2)C1. The summed E-state index contributed by atoms with van der Waals surface area (Å²) in [4.78, 5) is 14.9. The van der Waals surface area contributed by atoms with Crippen molar-refractivity contribution in [1.82, 2.24) is 15.5 Å². The Morgan fingerprint density at radius 3 is 2.47 bits per heavy atom. The van der Waals surface area contributed by atoms with Crippen LogP contribution in [0, 0.1) is 5.92 Å². The lowest BCUT2D eigenvalue weighted by molar-refractivity contribution is 0.108. The van der Waals surface area contributed by atoms with Gasteiger partial charge in [-0.05, 0) is 68.1 Å². The lowest BCUT2D eigenvalue weighted by Crippen LogP contribution is -2.50. The van der Waals surface area contributed by atoms with Gasteiger partial charge < -0.3 is 25.4 Å². The molecule has 6 nitrogen and oxygen atoms in total. The zero-order chi connectivity index (χ0) is 23.1. The number of aliphatic hydroxyl groups excluding tert-OH is 1. The number of ether oxygens (including phenoxy) is 1. The van der Waals surface area contributed by atoms with Gasteiger partial charge in [-0.1, -0.05) is 42.8 Å². The van der Waals surface area contributed by atoms with Gasteiger partial charge in [0.2, 0.25) is 0 Å². The molecule has 1 heterocycles. The van der Waals surface area contributed by atoms with E-state index in [1.807, 2.05) is 50.2 Å². The van der Waals surface area contributed by atoms with Gasteiger partial charge in [-0.15, -0.1) is 0 Å². The van der Waals surface area contributed by atoms with Crippen molar-refractivity contribution in [3.05, 3.63) is 64.7 Å². The molecule has 2 aromatic carbocycles. The Bertz CT molecular complexity index is 858. The summed E-state index contributed by atoms with van der Waals surface area (Å²) in [6, 6.07) is 14.0. The molecular weight excluding hydrogens is 426 g/mol. The smallest absolute Gasteiger partial charge is 0.315 e. The number of carbonyl (C=O) groups is 1. The number of hydrogen-bond acceptors (Lipinski definition) is 4. The number of nitrogens with zero attached hydrogens (tertiary/aromatic N) is 1. The predicted octanol–water partition coefficient (Wildman–Crippen LogP) is 4.37. The standard InChI is InChI=1S/C25H34ClN3O3/c1-17(2)32-22-10-6-20(7-11-22)24(30)23(16-29-13-12-18(3)15-29)28-25(31)27-14-19-4-8-21(26)9-5-19/h4-11,17-18,23-24,30H,12-16H2,1-3H3,(H2,27,28,31)/t18?,23-,24-/m1/s1. The van der Waals surface area contributed by atoms with Gasteiger partial charge in [0, 0.05) is 24.7 Å². The molecule has 0 radical (unpaired) electrons. The van der Waals surface area contributed by atoms with Crippen LogP contribution in [0.2, 0.25) is 5.02 Å². The Labute approximate surface area is 195 Å². The summed E-state index contributed by atoms with van der Waals surface area (Å²) < 4.78 is 5.70. The van der Waals surface area contributed by atoms with E-state index in [0.717, 1.165) is 36.4 Å². The van der Waals surface area contributed by atoms with Crippen LogP contribution in [0.15, 0.2) is 48.5 Å². The molecule has 1 fully saturated rings. The van der Waals surface area contributed by atoms with Crippen LogP contribution >= 0.6 is 11.6 Å². The van der Waals surface area contributed by atoms with Gasteiger partial charge in [-0.2, -0.15) is 0 Å². The lowest BCUT2D eigenvalue weighted by Gasteiger charge is -2.29. The maximum Gasteiger partial charge on any atom is 0.315 e. The van der Waals surface area contributed by atoms with Crippen molar-refractivity contribution in [2.45, 2.75) is 52.0 Å². The Kier molecular flexibility index (Phi) is 8.79. The maximum absolute atomic E-state index is 12.6. The van der Waals surface area contributed by atoms with Crippen molar-refractivity contribution in [2.24, 2.45) is 5.92 Å². The zero-order valence-electron chi connectivity index (χ0n) is 19.1. The van der Waals surface area contributed by atoms with E-state index in [9.17, 15) is 9.90 Å². The second-order valence-electron chi connectivity index (χ2n) is 8.89. The van der Waals surface area contributed by atoms with Gasteiger partial charge in [0.1, 0.15) is 11.9 Å². The van der Waals surface area contributed by atoms with E-state index in [1.54, 1.807) is 12.1 Å². The molecule has 0 bridgehead atoms. The number of hydrogen-bond donors (Lipinski definition) is 3. The van der Waals surface area contributed by atoms with E-state index < -0.39 is 12.1 Å². The highest BCUT2D eigenvalue weighted by Gasteiger charge is 2.28. The van der Waals surface area contributed by atoms with Crippen LogP contribution in [-0.2, 0) is 6.54 Å². The Morgan fingerprint density at radius 1 is 1.19 bits per heavy atom. The molecule has 1 saturated heterocycles. The van der Waals surface area contributed by atoms with Gasteiger partial charge >= 0.3 is 6.03 Å². The summed E-state index contributed by atoms with van der Waals surface area (Å²) in [7, 11) is 0. The summed E-state index contributed by atoms with van der Waals surface area (Å²) in [5.74, 6) is 1.38. The Hall–Kier alpha value is -2.28. The van der Waals surface area contributed by atoms with Crippen LogP contribution in [0.5, 0.6) is 5.75 Å². The molecule has 3 N–H and O–H groups in total. The second-order valence-corrected chi connectivity index (χ2v) is 9.33. The average molecular weight is 460 g/mol. The Morgan fingerprint density at radius 2 is 1.88 bits per heavy atom. The number of likely N-dealkylation sites (tertiary alicyclic amines) is 1. The third-order valence-electron chi connectivity index (χ3n) is 5.62. The fraction of sp³-hybridized carbons (Fsp3) is 0.480. The number of aliphatic hydroxyl groups is 1. The van der Waals surface area contributed by atoms with Gasteiger partial charge in [-0.25, -0.2) is 4.79 Å². The first-order valence-electron chi connectivity index (χ1n) is 11.3. The molecule has 0 aliphatic carbocycles. The van der Waals surface area contributed by atoms with E-state index in [-0.39, 0.29) is 12.1 Å². The topological polar surface area (TPSA) is 73.8 Å². The second kappa shape index (κ2) is 11.5. The van der Waals surface area contributed by atoms with E-state index in [4.69, 9.17) is 16.3 Å². The summed E-state index contributed by atoms with van der Waals surface area (Å²) >= 11 is 5.92. The molecular formula is C25H34ClN3O3. The molecule has 2 aromatic rings. The predicted molar refractivity (Wildman–Crippen MR) is 128 cm³/mol. The van der Waals surface area contributed by atoms with Crippen molar-refractivity contribution in [3.63, 3.8) is 0 Å². The molecule has 3 rings (SSSR count). The first kappa shape index (κ1) is 24.4. The Balaban J connectivity index is 1.65. The summed E-state index contributed by atoms with van der Waals surface area (Å²) in [5.41, 5.74) is 1.70. The molecule has 0 spiro atoms. The molecule has 174 valence electrons. The fourth-order valence-electron chi connectivity index (χ4n) is 3.95. The molecule has 1 aliphatic heterocycles. The summed E-state index contributed by atoms with van der Waals surface area (Å²) in [6.45, 7) is 9.09. The van der Waals surface area contributed by atoms with E-state index in [1.165, 1.54) is 0 Å². The van der Waals surface area contributed by atoms with Crippen LogP contribution in [0.1, 0.15) is 44.4 Å². The number of amides is 2. The quantitative estimate of drug-likeness (QED) is 0.520. The molecule has 1 unspecified atom stereocenters. The van der Waals surface area contributed by atoms with Gasteiger partial charge in [0.05, 0.1) is 12.1 Å². The molecule has 2 amide bonds. The first-order chi connectivity index (χ1) is 15.3. The molecule has 0 saturated carbocycles. The van der Waals surface area contributed by atoms with Crippen LogP contribution in [0.25, 0.3) is 0 Å². The highest BCUT2D eigenvalue weighted by Crippen LogP contribution is 2.23. The minimum Gasteiger partial charge on any atom is -0.491 e. The lowest BCUT2D eigenvalue weighted by atomic mass is 10.0. The number of halogens is 1. The minimum atomic E-state index is -0.833. The normalized spacial score (nSPS) is 18.4. The number of benzene rings is 2. The van der Waals surface area contributed by atoms with Crippen LogP contribution in [0.4, 0.5) is 4.79 Å². The molecule has 1 aliphatic rings. The average Bonchev–Trinajstić information content (AvgIpc) is 3.17. The van der Waals surface area contributed by atoms with Crippen LogP contribution in [0.3, 0.4) is 0 Å². The highest BCUT2D eigenvalue weighted by molar-refractivity contribution is 6.30. The number of urea groups is 1. The van der Waals surface area contributed by atoms with E-state index >= 15 is 0 Å². The highest BCUT2D eigenvalue weighted by atomic mass is 35.5. The van der Waals surface area contributed by atoms with Gasteiger partial charge in [0.25, 0.3) is 0 Å². The van der Waals surface area contributed by atoms with Crippen molar-refractivity contribution >= 4 is 17.6 Å². The number of nitrogens with one attached hydrogen (secondary N) is 2. The van der Waals surface area contributed by atoms with Crippen molar-refractivity contribution in [3.8, 4) is 5.75 Å². The fourth-order valence-corrected chi connectivity index (χ4v) is 4.07. The van der Waals surface area contributed by atoms with E-state index in [2.05, 4.69) is 22.5 Å². The van der Waals surface area contributed by atoms with Gasteiger partial charge in [-0.3, -0.25) is 0 Å². The third-order valence-corrected chi connectivity index (χ3v) is 5.87. The van der Waals surface area contributed by atoms with Crippen molar-refractivity contribution < 1.29 is 14.6 Å². The monoisotopic (exact) mass is 459 g/mol. The molecule has 7 heteroatoms. The molecule has 0 aromatic heterocycles. The summed E-state index contributed by atoms with van der Waals surface area (Å²) in [5, 5.41) is 17.6. The third kappa shape index (κ3) is 7.40. The van der Waals surface area contributed by atoms with E-state index in [0.29, 0.717) is 24.0 Å². The van der Waals surface area contributed by atoms with Gasteiger partial charge in [0.15, 0.2) is 0 Å². The first-order valence-corrected chi connectivity index (χ1v) is 11.6. The number of rotatable bonds is 9. The van der Waals surface area contributed by atoms with Crippen LogP contribution < -0.4 is 15.4 Å². The molecule has 3 atom stereocenters. The summed E-state index contributed by atoms with van der Waals surface area (Å²) in [6.07, 6.45) is 0.384. The van der Waals surface area contributed by atoms with Crippen molar-refractivity contribution in [1.29, 1.82) is 0 Å². The number of carbonyl (C=O) groups excluding carboxylic acids is 1. The van der Waals surface area contributed by atoms with Crippen LogP contribution in [-0.4, -0.2) is 47.8 Å². The molecule has 32 heavy (non-hydrogen) atoms.